The van der Waals surface area contributed by atoms with E-state index in [0.29, 0.717) is 24.5 Å². The number of methoxy groups -OCH3 is 1. The minimum absolute atomic E-state index is 0.0561. The van der Waals surface area contributed by atoms with E-state index in [2.05, 4.69) is 30.0 Å². The molecular formula is C22H21N3O2S. The van der Waals surface area contributed by atoms with Gasteiger partial charge in [0.15, 0.2) is 0 Å². The van der Waals surface area contributed by atoms with Crippen LogP contribution in [0.4, 0.5) is 5.69 Å². The van der Waals surface area contributed by atoms with Crippen molar-refractivity contribution in [3.63, 3.8) is 0 Å². The predicted molar refractivity (Wildman–Crippen MR) is 111 cm³/mol. The number of amides is 1. The van der Waals surface area contributed by atoms with Gasteiger partial charge in [-0.3, -0.25) is 9.69 Å². The van der Waals surface area contributed by atoms with Gasteiger partial charge in [0.25, 0.3) is 0 Å². The summed E-state index contributed by atoms with van der Waals surface area (Å²) in [5.74, 6) is 1.33. The molecule has 0 N–H and O–H groups in total. The highest BCUT2D eigenvalue weighted by Crippen LogP contribution is 2.43. The van der Waals surface area contributed by atoms with Gasteiger partial charge in [0.2, 0.25) is 5.91 Å². The van der Waals surface area contributed by atoms with Gasteiger partial charge in [-0.2, -0.15) is 5.26 Å². The number of rotatable bonds is 3. The van der Waals surface area contributed by atoms with E-state index in [0.717, 1.165) is 22.0 Å². The average molecular weight is 391 g/mol. The fourth-order valence-electron chi connectivity index (χ4n) is 3.75. The Morgan fingerprint density at radius 3 is 2.61 bits per heavy atom. The Kier molecular flexibility index (Phi) is 5.01. The van der Waals surface area contributed by atoms with Crippen LogP contribution in [0, 0.1) is 18.3 Å². The third-order valence-corrected chi connectivity index (χ3v) is 6.42. The third-order valence-electron chi connectivity index (χ3n) is 5.27. The molecule has 0 radical (unpaired) electrons. The molecule has 2 aromatic rings. The van der Waals surface area contributed by atoms with Crippen molar-refractivity contribution < 1.29 is 9.53 Å². The van der Waals surface area contributed by atoms with E-state index in [-0.39, 0.29) is 11.8 Å². The van der Waals surface area contributed by atoms with Gasteiger partial charge < -0.3 is 9.64 Å². The van der Waals surface area contributed by atoms with Gasteiger partial charge in [-0.1, -0.05) is 42.1 Å². The molecule has 0 aromatic heterocycles. The second kappa shape index (κ2) is 7.61. The average Bonchev–Trinajstić information content (AvgIpc) is 2.74. The lowest BCUT2D eigenvalue weighted by atomic mass is 9.86. The summed E-state index contributed by atoms with van der Waals surface area (Å²) in [6.07, 6.45) is 0.306. The highest BCUT2D eigenvalue weighted by atomic mass is 32.2. The summed E-state index contributed by atoms with van der Waals surface area (Å²) >= 11 is 1.56. The van der Waals surface area contributed by atoms with E-state index in [1.807, 2.05) is 36.4 Å². The summed E-state index contributed by atoms with van der Waals surface area (Å²) in [6.45, 7) is 2.55. The Balaban J connectivity index is 1.66. The second-order valence-corrected chi connectivity index (χ2v) is 7.86. The molecule has 2 aliphatic rings. The largest absolute Gasteiger partial charge is 0.497 e. The van der Waals surface area contributed by atoms with Crippen LogP contribution in [0.2, 0.25) is 0 Å². The van der Waals surface area contributed by atoms with Gasteiger partial charge in [0.1, 0.15) is 5.75 Å². The van der Waals surface area contributed by atoms with Crippen molar-refractivity contribution in [3.05, 3.63) is 70.3 Å². The van der Waals surface area contributed by atoms with Crippen LogP contribution in [-0.2, 0) is 4.79 Å². The number of hydrogen-bond acceptors (Lipinski definition) is 5. The number of benzene rings is 2. The first kappa shape index (κ1) is 18.5. The minimum atomic E-state index is -0.202. The molecule has 2 heterocycles. The Labute approximate surface area is 169 Å². The minimum Gasteiger partial charge on any atom is -0.497 e. The molecule has 142 valence electrons. The van der Waals surface area contributed by atoms with Gasteiger partial charge in [0.05, 0.1) is 36.3 Å². The quantitative estimate of drug-likeness (QED) is 0.784. The zero-order valence-electron chi connectivity index (χ0n) is 15.9. The maximum atomic E-state index is 13.0. The first-order chi connectivity index (χ1) is 13.6. The summed E-state index contributed by atoms with van der Waals surface area (Å²) in [4.78, 5) is 16.9. The number of para-hydroxylation sites is 1. The van der Waals surface area contributed by atoms with Gasteiger partial charge in [-0.25, -0.2) is 0 Å². The highest BCUT2D eigenvalue weighted by Gasteiger charge is 2.38. The molecule has 2 aromatic carbocycles. The van der Waals surface area contributed by atoms with E-state index in [4.69, 9.17) is 4.74 Å². The molecular weight excluding hydrogens is 370 g/mol. The molecule has 0 saturated carbocycles. The number of hydrogen-bond donors (Lipinski definition) is 0. The lowest BCUT2D eigenvalue weighted by molar-refractivity contribution is -0.129. The molecule has 1 saturated heterocycles. The summed E-state index contributed by atoms with van der Waals surface area (Å²) in [5.41, 5.74) is 3.95. The Hall–Kier alpha value is -2.91. The van der Waals surface area contributed by atoms with E-state index < -0.39 is 0 Å². The lowest BCUT2D eigenvalue weighted by Gasteiger charge is -2.42. The van der Waals surface area contributed by atoms with Crippen molar-refractivity contribution in [1.29, 1.82) is 5.26 Å². The van der Waals surface area contributed by atoms with Gasteiger partial charge >= 0.3 is 0 Å². The van der Waals surface area contributed by atoms with Crippen molar-refractivity contribution >= 4 is 23.4 Å². The molecule has 0 bridgehead atoms. The van der Waals surface area contributed by atoms with Crippen LogP contribution in [0.1, 0.15) is 23.5 Å². The Morgan fingerprint density at radius 1 is 1.18 bits per heavy atom. The van der Waals surface area contributed by atoms with Crippen LogP contribution >= 0.6 is 11.8 Å². The molecule has 1 fully saturated rings. The molecule has 28 heavy (non-hydrogen) atoms. The third kappa shape index (κ3) is 3.23. The smallest absolute Gasteiger partial charge is 0.229 e. The van der Waals surface area contributed by atoms with Crippen LogP contribution in [0.5, 0.6) is 5.75 Å². The van der Waals surface area contributed by atoms with Crippen molar-refractivity contribution in [2.75, 3.05) is 24.6 Å². The van der Waals surface area contributed by atoms with Crippen molar-refractivity contribution in [2.45, 2.75) is 19.3 Å². The monoisotopic (exact) mass is 391 g/mol. The molecule has 1 amide bonds. The maximum Gasteiger partial charge on any atom is 0.229 e. The standard InChI is InChI=1S/C22H21N3O2S/c1-15-5-3-4-6-20(15)24-13-25-21(26)11-18(19(12-23)22(25)28-14-24)16-7-9-17(27-2)10-8-16/h3-10,18H,11,13-14H2,1-2H3/t18-/m0/s1. The topological polar surface area (TPSA) is 56.6 Å². The van der Waals surface area contributed by atoms with Crippen LogP contribution in [0.25, 0.3) is 0 Å². The van der Waals surface area contributed by atoms with Crippen molar-refractivity contribution in [1.82, 2.24) is 4.90 Å². The van der Waals surface area contributed by atoms with Gasteiger partial charge in [-0.05, 0) is 36.2 Å². The number of anilines is 1. The van der Waals surface area contributed by atoms with E-state index in [1.165, 1.54) is 5.56 Å². The lowest BCUT2D eigenvalue weighted by Crippen LogP contribution is -2.47. The van der Waals surface area contributed by atoms with Crippen molar-refractivity contribution in [3.8, 4) is 11.8 Å². The second-order valence-electron chi connectivity index (χ2n) is 6.92. The molecule has 6 heteroatoms. The number of nitrogens with zero attached hydrogens (tertiary/aromatic N) is 3. The normalized spacial score (nSPS) is 19.3. The number of thioether (sulfide) groups is 1. The maximum absolute atomic E-state index is 13.0. The Morgan fingerprint density at radius 2 is 1.93 bits per heavy atom. The summed E-state index contributed by atoms with van der Waals surface area (Å²) in [7, 11) is 1.62. The number of aryl methyl sites for hydroxylation is 1. The fourth-order valence-corrected chi connectivity index (χ4v) is 4.91. The number of carbonyl (C=O) groups excluding carboxylic acids is 1. The number of nitriles is 1. The molecule has 2 aliphatic heterocycles. The summed E-state index contributed by atoms with van der Waals surface area (Å²) in [6, 6.07) is 18.2. The van der Waals surface area contributed by atoms with Crippen LogP contribution < -0.4 is 9.64 Å². The fraction of sp³-hybridized carbons (Fsp3) is 0.273. The predicted octanol–water partition coefficient (Wildman–Crippen LogP) is 4.22. The molecule has 4 rings (SSSR count). The van der Waals surface area contributed by atoms with E-state index in [9.17, 15) is 10.1 Å². The van der Waals surface area contributed by atoms with Crippen LogP contribution in [-0.4, -0.2) is 30.5 Å². The zero-order chi connectivity index (χ0) is 19.7. The first-order valence-electron chi connectivity index (χ1n) is 9.14. The number of allylic oxidation sites excluding steroid dienone is 1. The van der Waals surface area contributed by atoms with Crippen molar-refractivity contribution in [2.24, 2.45) is 0 Å². The Bertz CT molecular complexity index is 978. The summed E-state index contributed by atoms with van der Waals surface area (Å²) in [5, 5.41) is 10.7. The molecule has 1 atom stereocenters. The van der Waals surface area contributed by atoms with Gasteiger partial charge in [0, 0.05) is 18.0 Å². The number of ether oxygens (including phenoxy) is 1. The highest BCUT2D eigenvalue weighted by molar-refractivity contribution is 8.03. The number of carbonyl (C=O) groups is 1. The first-order valence-corrected chi connectivity index (χ1v) is 10.1. The molecule has 0 unspecified atom stereocenters. The number of fused-ring (bicyclic) bond motifs is 1. The van der Waals surface area contributed by atoms with Crippen LogP contribution in [0.3, 0.4) is 0 Å². The van der Waals surface area contributed by atoms with Gasteiger partial charge in [-0.15, -0.1) is 0 Å². The molecule has 0 spiro atoms. The zero-order valence-corrected chi connectivity index (χ0v) is 16.7. The molecule has 0 aliphatic carbocycles. The molecule has 5 nitrogen and oxygen atoms in total. The SMILES string of the molecule is COc1ccc([C@@H]2CC(=O)N3CN(c4ccccc4C)CSC3=C2C#N)cc1. The van der Waals surface area contributed by atoms with E-state index >= 15 is 0 Å². The van der Waals surface area contributed by atoms with Crippen LogP contribution in [0.15, 0.2) is 59.1 Å². The summed E-state index contributed by atoms with van der Waals surface area (Å²) < 4.78 is 5.22. The van der Waals surface area contributed by atoms with E-state index in [1.54, 1.807) is 23.8 Å².